The standard InChI is InChI=1S/C15H13BrClFO/c1-9-8-10(19-2)6-7-11(9)14(16)12-4-3-5-13(17)15(12)18/h3-8,14H,1-2H3. The topological polar surface area (TPSA) is 9.23 Å². The largest absolute Gasteiger partial charge is 0.497 e. The van der Waals surface area contributed by atoms with Crippen LogP contribution in [-0.2, 0) is 0 Å². The number of hydrogen-bond acceptors (Lipinski definition) is 1. The van der Waals surface area contributed by atoms with Gasteiger partial charge >= 0.3 is 0 Å². The van der Waals surface area contributed by atoms with E-state index in [0.29, 0.717) is 5.56 Å². The highest BCUT2D eigenvalue weighted by atomic mass is 79.9. The highest BCUT2D eigenvalue weighted by Gasteiger charge is 2.18. The zero-order valence-corrected chi connectivity index (χ0v) is 12.9. The molecule has 0 amide bonds. The number of methoxy groups -OCH3 is 1. The Labute approximate surface area is 125 Å². The molecule has 0 aliphatic heterocycles. The molecule has 2 aromatic carbocycles. The second kappa shape index (κ2) is 5.93. The summed E-state index contributed by atoms with van der Waals surface area (Å²) in [5.74, 6) is 0.397. The number of benzene rings is 2. The first-order chi connectivity index (χ1) is 9.04. The fraction of sp³-hybridized carbons (Fsp3) is 0.200. The number of ether oxygens (including phenoxy) is 1. The summed E-state index contributed by atoms with van der Waals surface area (Å²) in [4.78, 5) is -0.239. The molecule has 0 spiro atoms. The average Bonchev–Trinajstić information content (AvgIpc) is 2.41. The van der Waals surface area contributed by atoms with E-state index in [0.717, 1.165) is 16.9 Å². The van der Waals surface area contributed by atoms with Crippen molar-refractivity contribution >= 4 is 27.5 Å². The number of hydrogen-bond donors (Lipinski definition) is 0. The second-order valence-electron chi connectivity index (χ2n) is 4.23. The van der Waals surface area contributed by atoms with Crippen LogP contribution in [0.3, 0.4) is 0 Å². The van der Waals surface area contributed by atoms with E-state index in [4.69, 9.17) is 16.3 Å². The summed E-state index contributed by atoms with van der Waals surface area (Å²) >= 11 is 9.35. The molecule has 0 heterocycles. The monoisotopic (exact) mass is 342 g/mol. The molecule has 1 unspecified atom stereocenters. The Morgan fingerprint density at radius 3 is 2.58 bits per heavy atom. The van der Waals surface area contributed by atoms with Gasteiger partial charge < -0.3 is 4.74 Å². The van der Waals surface area contributed by atoms with Crippen molar-refractivity contribution in [1.82, 2.24) is 0 Å². The van der Waals surface area contributed by atoms with Crippen molar-refractivity contribution in [2.75, 3.05) is 7.11 Å². The third-order valence-corrected chi connectivity index (χ3v) is 4.28. The number of aryl methyl sites for hydroxylation is 1. The first-order valence-electron chi connectivity index (χ1n) is 5.77. The van der Waals surface area contributed by atoms with Crippen LogP contribution in [-0.4, -0.2) is 7.11 Å². The van der Waals surface area contributed by atoms with Crippen molar-refractivity contribution in [3.63, 3.8) is 0 Å². The number of halogens is 3. The Morgan fingerprint density at radius 1 is 1.21 bits per heavy atom. The third-order valence-electron chi connectivity index (χ3n) is 3.00. The van der Waals surface area contributed by atoms with Gasteiger partial charge in [-0.15, -0.1) is 0 Å². The summed E-state index contributed by atoms with van der Waals surface area (Å²) < 4.78 is 19.2. The maximum atomic E-state index is 14.0. The summed E-state index contributed by atoms with van der Waals surface area (Å²) in [5.41, 5.74) is 2.54. The lowest BCUT2D eigenvalue weighted by atomic mass is 10.00. The lowest BCUT2D eigenvalue weighted by molar-refractivity contribution is 0.414. The van der Waals surface area contributed by atoms with E-state index in [1.165, 1.54) is 0 Å². The number of rotatable bonds is 3. The van der Waals surface area contributed by atoms with E-state index >= 15 is 0 Å². The van der Waals surface area contributed by atoms with E-state index in [9.17, 15) is 4.39 Å². The molecule has 2 rings (SSSR count). The predicted octanol–water partition coefficient (Wildman–Crippen LogP) is 5.28. The van der Waals surface area contributed by atoms with Crippen molar-refractivity contribution in [3.05, 3.63) is 63.9 Å². The molecule has 0 aliphatic rings. The summed E-state index contributed by atoms with van der Waals surface area (Å²) in [6.45, 7) is 1.97. The fourth-order valence-corrected chi connectivity index (χ4v) is 2.99. The van der Waals surface area contributed by atoms with Crippen molar-refractivity contribution < 1.29 is 9.13 Å². The Morgan fingerprint density at radius 2 is 1.95 bits per heavy atom. The molecule has 1 nitrogen and oxygen atoms in total. The highest BCUT2D eigenvalue weighted by molar-refractivity contribution is 9.09. The zero-order chi connectivity index (χ0) is 14.0. The highest BCUT2D eigenvalue weighted by Crippen LogP contribution is 2.36. The summed E-state index contributed by atoms with van der Waals surface area (Å²) in [7, 11) is 1.62. The van der Waals surface area contributed by atoms with Crippen LogP contribution in [0.1, 0.15) is 21.5 Å². The van der Waals surface area contributed by atoms with Crippen molar-refractivity contribution in [2.24, 2.45) is 0 Å². The minimum absolute atomic E-state index is 0.133. The van der Waals surface area contributed by atoms with E-state index < -0.39 is 0 Å². The molecule has 0 saturated carbocycles. The first-order valence-corrected chi connectivity index (χ1v) is 7.06. The van der Waals surface area contributed by atoms with Gasteiger partial charge in [0, 0.05) is 5.56 Å². The molecule has 0 N–H and O–H groups in total. The van der Waals surface area contributed by atoms with Gasteiger partial charge in [-0.3, -0.25) is 0 Å². The quantitative estimate of drug-likeness (QED) is 0.689. The Balaban J connectivity index is 2.44. The summed E-state index contributed by atoms with van der Waals surface area (Å²) in [5, 5.41) is 0.133. The van der Waals surface area contributed by atoms with Crippen LogP contribution in [0, 0.1) is 12.7 Å². The number of alkyl halides is 1. The maximum absolute atomic E-state index is 14.0. The molecular weight excluding hydrogens is 331 g/mol. The van der Waals surface area contributed by atoms with Crippen LogP contribution in [0.15, 0.2) is 36.4 Å². The van der Waals surface area contributed by atoms with E-state index in [1.807, 2.05) is 25.1 Å². The van der Waals surface area contributed by atoms with Gasteiger partial charge in [0.2, 0.25) is 0 Å². The van der Waals surface area contributed by atoms with Crippen LogP contribution in [0.4, 0.5) is 4.39 Å². The Hall–Kier alpha value is -1.06. The van der Waals surface area contributed by atoms with Crippen LogP contribution < -0.4 is 4.74 Å². The normalized spacial score (nSPS) is 12.3. The lowest BCUT2D eigenvalue weighted by Gasteiger charge is -2.15. The molecule has 19 heavy (non-hydrogen) atoms. The molecule has 0 fully saturated rings. The predicted molar refractivity (Wildman–Crippen MR) is 79.9 cm³/mol. The average molecular weight is 344 g/mol. The Bertz CT molecular complexity index is 601. The summed E-state index contributed by atoms with van der Waals surface area (Å²) in [6.07, 6.45) is 0. The molecule has 4 heteroatoms. The molecule has 2 aromatic rings. The minimum Gasteiger partial charge on any atom is -0.497 e. The lowest BCUT2D eigenvalue weighted by Crippen LogP contribution is -2.00. The molecule has 1 atom stereocenters. The molecule has 0 aromatic heterocycles. The molecule has 0 saturated heterocycles. The zero-order valence-electron chi connectivity index (χ0n) is 10.6. The van der Waals surface area contributed by atoms with Crippen LogP contribution in [0.25, 0.3) is 0 Å². The maximum Gasteiger partial charge on any atom is 0.146 e. The van der Waals surface area contributed by atoms with Crippen molar-refractivity contribution in [3.8, 4) is 5.75 Å². The third kappa shape index (κ3) is 2.93. The first kappa shape index (κ1) is 14.4. The second-order valence-corrected chi connectivity index (χ2v) is 5.55. The molecule has 0 aliphatic carbocycles. The molecule has 100 valence electrons. The van der Waals surface area contributed by atoms with Crippen molar-refractivity contribution in [1.29, 1.82) is 0 Å². The van der Waals surface area contributed by atoms with Gasteiger partial charge in [-0.2, -0.15) is 0 Å². The van der Waals surface area contributed by atoms with Gasteiger partial charge in [-0.25, -0.2) is 4.39 Å². The smallest absolute Gasteiger partial charge is 0.146 e. The van der Waals surface area contributed by atoms with Crippen LogP contribution >= 0.6 is 27.5 Å². The van der Waals surface area contributed by atoms with Gasteiger partial charge in [0.15, 0.2) is 0 Å². The van der Waals surface area contributed by atoms with Crippen LogP contribution in [0.5, 0.6) is 5.75 Å². The van der Waals surface area contributed by atoms with Crippen LogP contribution in [0.2, 0.25) is 5.02 Å². The summed E-state index contributed by atoms with van der Waals surface area (Å²) in [6, 6.07) is 10.7. The molecule has 0 radical (unpaired) electrons. The van der Waals surface area contributed by atoms with Gasteiger partial charge in [-0.1, -0.05) is 45.7 Å². The molecular formula is C15H13BrClFO. The van der Waals surface area contributed by atoms with Crippen molar-refractivity contribution in [2.45, 2.75) is 11.8 Å². The van der Waals surface area contributed by atoms with E-state index in [-0.39, 0.29) is 15.7 Å². The van der Waals surface area contributed by atoms with E-state index in [2.05, 4.69) is 15.9 Å². The SMILES string of the molecule is COc1ccc(C(Br)c2cccc(Cl)c2F)c(C)c1. The van der Waals surface area contributed by atoms with Gasteiger partial charge in [0.25, 0.3) is 0 Å². The minimum atomic E-state index is -0.388. The van der Waals surface area contributed by atoms with Gasteiger partial charge in [0.05, 0.1) is 17.0 Å². The Kier molecular flexibility index (Phi) is 4.48. The fourth-order valence-electron chi connectivity index (χ4n) is 1.94. The van der Waals surface area contributed by atoms with E-state index in [1.54, 1.807) is 25.3 Å². The van der Waals surface area contributed by atoms with Gasteiger partial charge in [0.1, 0.15) is 11.6 Å². The molecule has 0 bridgehead atoms. The van der Waals surface area contributed by atoms with Gasteiger partial charge in [-0.05, 0) is 36.2 Å².